The van der Waals surface area contributed by atoms with Gasteiger partial charge in [-0.25, -0.2) is 0 Å². The summed E-state index contributed by atoms with van der Waals surface area (Å²) in [6.45, 7) is 2.89. The Bertz CT molecular complexity index is 222. The lowest BCUT2D eigenvalue weighted by Gasteiger charge is -2.23. The van der Waals surface area contributed by atoms with Crippen molar-refractivity contribution in [2.45, 2.75) is 32.2 Å². The standard InChI is InChI=1S/C8H12N2O/c1-6-5-8(11)10-4-2-3-7(10)9-6/h6H,2-5H2,1H3. The maximum Gasteiger partial charge on any atom is 0.230 e. The molecule has 3 nitrogen and oxygen atoms in total. The molecule has 1 saturated heterocycles. The number of fused-ring (bicyclic) bond motifs is 1. The van der Waals surface area contributed by atoms with Crippen LogP contribution in [0.15, 0.2) is 4.99 Å². The summed E-state index contributed by atoms with van der Waals surface area (Å²) in [7, 11) is 0. The Morgan fingerprint density at radius 1 is 1.64 bits per heavy atom. The second-order valence-electron chi connectivity index (χ2n) is 3.25. The number of hydrogen-bond acceptors (Lipinski definition) is 2. The highest BCUT2D eigenvalue weighted by Gasteiger charge is 2.29. The van der Waals surface area contributed by atoms with Gasteiger partial charge in [0, 0.05) is 19.4 Å². The third-order valence-electron chi connectivity index (χ3n) is 2.23. The van der Waals surface area contributed by atoms with Crippen molar-refractivity contribution in [1.29, 1.82) is 0 Å². The number of carbonyl (C=O) groups is 1. The SMILES string of the molecule is CC1CC(=O)N2CCCC2=N1. The van der Waals surface area contributed by atoms with E-state index < -0.39 is 0 Å². The van der Waals surface area contributed by atoms with Crippen LogP contribution in [-0.2, 0) is 4.79 Å². The van der Waals surface area contributed by atoms with Gasteiger partial charge in [0.25, 0.3) is 0 Å². The van der Waals surface area contributed by atoms with Crippen LogP contribution in [0.1, 0.15) is 26.2 Å². The van der Waals surface area contributed by atoms with Gasteiger partial charge >= 0.3 is 0 Å². The summed E-state index contributed by atoms with van der Waals surface area (Å²) in [6.07, 6.45) is 2.69. The van der Waals surface area contributed by atoms with Crippen LogP contribution in [0.4, 0.5) is 0 Å². The fourth-order valence-electron chi connectivity index (χ4n) is 1.73. The van der Waals surface area contributed by atoms with Crippen LogP contribution in [0.3, 0.4) is 0 Å². The largest absolute Gasteiger partial charge is 0.301 e. The Morgan fingerprint density at radius 3 is 3.27 bits per heavy atom. The highest BCUT2D eigenvalue weighted by Crippen LogP contribution is 2.19. The molecule has 2 rings (SSSR count). The Labute approximate surface area is 66.1 Å². The number of hydrogen-bond donors (Lipinski definition) is 0. The molecule has 0 radical (unpaired) electrons. The molecule has 2 aliphatic heterocycles. The molecule has 0 N–H and O–H groups in total. The number of amidine groups is 1. The van der Waals surface area contributed by atoms with Gasteiger partial charge in [0.05, 0.1) is 6.04 Å². The summed E-state index contributed by atoms with van der Waals surface area (Å²) >= 11 is 0. The molecular weight excluding hydrogens is 140 g/mol. The van der Waals surface area contributed by atoms with Gasteiger partial charge in [-0.05, 0) is 13.3 Å². The lowest BCUT2D eigenvalue weighted by Crippen LogP contribution is -2.38. The van der Waals surface area contributed by atoms with Crippen LogP contribution in [0, 0.1) is 0 Å². The molecule has 1 atom stereocenters. The lowest BCUT2D eigenvalue weighted by molar-refractivity contribution is -0.127. The zero-order valence-electron chi connectivity index (χ0n) is 6.71. The molecule has 0 saturated carbocycles. The second kappa shape index (κ2) is 2.32. The van der Waals surface area contributed by atoms with Crippen LogP contribution >= 0.6 is 0 Å². The van der Waals surface area contributed by atoms with Crippen LogP contribution in [0.25, 0.3) is 0 Å². The smallest absolute Gasteiger partial charge is 0.230 e. The maximum atomic E-state index is 11.3. The van der Waals surface area contributed by atoms with E-state index in [0.29, 0.717) is 6.42 Å². The Morgan fingerprint density at radius 2 is 2.45 bits per heavy atom. The summed E-state index contributed by atoms with van der Waals surface area (Å²) in [4.78, 5) is 17.6. The Hall–Kier alpha value is -0.860. The van der Waals surface area contributed by atoms with E-state index in [9.17, 15) is 4.79 Å². The van der Waals surface area contributed by atoms with Crippen molar-refractivity contribution in [1.82, 2.24) is 4.90 Å². The molecule has 0 aromatic rings. The number of rotatable bonds is 0. The van der Waals surface area contributed by atoms with Gasteiger partial charge in [0.15, 0.2) is 0 Å². The van der Waals surface area contributed by atoms with Crippen molar-refractivity contribution in [2.24, 2.45) is 4.99 Å². The van der Waals surface area contributed by atoms with Crippen molar-refractivity contribution in [2.75, 3.05) is 6.54 Å². The van der Waals surface area contributed by atoms with E-state index in [2.05, 4.69) is 4.99 Å². The van der Waals surface area contributed by atoms with Gasteiger partial charge in [0.2, 0.25) is 5.91 Å². The highest BCUT2D eigenvalue weighted by atomic mass is 16.2. The van der Waals surface area contributed by atoms with E-state index in [0.717, 1.165) is 25.2 Å². The lowest BCUT2D eigenvalue weighted by atomic mass is 10.2. The van der Waals surface area contributed by atoms with Gasteiger partial charge < -0.3 is 4.90 Å². The molecule has 1 unspecified atom stereocenters. The van der Waals surface area contributed by atoms with Crippen molar-refractivity contribution >= 4 is 11.7 Å². The number of amides is 1. The van der Waals surface area contributed by atoms with E-state index in [1.165, 1.54) is 0 Å². The van der Waals surface area contributed by atoms with E-state index in [4.69, 9.17) is 0 Å². The van der Waals surface area contributed by atoms with Gasteiger partial charge in [-0.2, -0.15) is 0 Å². The van der Waals surface area contributed by atoms with E-state index in [1.54, 1.807) is 0 Å². The molecule has 0 spiro atoms. The molecule has 0 aliphatic carbocycles. The van der Waals surface area contributed by atoms with Crippen molar-refractivity contribution in [3.05, 3.63) is 0 Å². The first-order valence-corrected chi connectivity index (χ1v) is 4.14. The molecule has 0 aromatic heterocycles. The molecular formula is C8H12N2O. The van der Waals surface area contributed by atoms with Crippen molar-refractivity contribution in [3.63, 3.8) is 0 Å². The first-order chi connectivity index (χ1) is 5.27. The molecule has 11 heavy (non-hydrogen) atoms. The predicted octanol–water partition coefficient (Wildman–Crippen LogP) is 0.799. The molecule has 2 aliphatic rings. The molecule has 0 bridgehead atoms. The first kappa shape index (κ1) is 6.83. The summed E-state index contributed by atoms with van der Waals surface area (Å²) < 4.78 is 0. The average molecular weight is 152 g/mol. The van der Waals surface area contributed by atoms with Crippen LogP contribution in [-0.4, -0.2) is 29.2 Å². The molecule has 3 heteroatoms. The Kier molecular flexibility index (Phi) is 1.44. The maximum absolute atomic E-state index is 11.3. The van der Waals surface area contributed by atoms with E-state index >= 15 is 0 Å². The third kappa shape index (κ3) is 1.04. The normalized spacial score (nSPS) is 30.3. The summed E-state index contributed by atoms with van der Waals surface area (Å²) in [6, 6.07) is 0.215. The molecule has 2 heterocycles. The minimum atomic E-state index is 0.215. The summed E-state index contributed by atoms with van der Waals surface area (Å²) in [5.74, 6) is 1.29. The van der Waals surface area contributed by atoms with Gasteiger partial charge in [-0.15, -0.1) is 0 Å². The minimum Gasteiger partial charge on any atom is -0.301 e. The number of aliphatic imine (C=N–C) groups is 1. The fourth-order valence-corrected chi connectivity index (χ4v) is 1.73. The van der Waals surface area contributed by atoms with Crippen LogP contribution < -0.4 is 0 Å². The second-order valence-corrected chi connectivity index (χ2v) is 3.25. The third-order valence-corrected chi connectivity index (χ3v) is 2.23. The molecule has 0 aromatic carbocycles. The first-order valence-electron chi connectivity index (χ1n) is 4.14. The minimum absolute atomic E-state index is 0.215. The molecule has 1 amide bonds. The van der Waals surface area contributed by atoms with Gasteiger partial charge in [-0.1, -0.05) is 0 Å². The highest BCUT2D eigenvalue weighted by molar-refractivity contribution is 6.01. The Balaban J connectivity index is 2.27. The van der Waals surface area contributed by atoms with Gasteiger partial charge in [0.1, 0.15) is 5.84 Å². The quantitative estimate of drug-likeness (QED) is 0.505. The number of carbonyl (C=O) groups excluding carboxylic acids is 1. The fraction of sp³-hybridized carbons (Fsp3) is 0.750. The van der Waals surface area contributed by atoms with E-state index in [1.807, 2.05) is 11.8 Å². The summed E-state index contributed by atoms with van der Waals surface area (Å²) in [5, 5.41) is 0. The zero-order chi connectivity index (χ0) is 7.84. The molecule has 60 valence electrons. The van der Waals surface area contributed by atoms with Crippen molar-refractivity contribution in [3.8, 4) is 0 Å². The van der Waals surface area contributed by atoms with Gasteiger partial charge in [-0.3, -0.25) is 9.79 Å². The van der Waals surface area contributed by atoms with Crippen LogP contribution in [0.5, 0.6) is 0 Å². The zero-order valence-corrected chi connectivity index (χ0v) is 6.71. The van der Waals surface area contributed by atoms with E-state index in [-0.39, 0.29) is 11.9 Å². The van der Waals surface area contributed by atoms with Crippen molar-refractivity contribution < 1.29 is 4.79 Å². The summed E-state index contributed by atoms with van der Waals surface area (Å²) in [5.41, 5.74) is 0. The average Bonchev–Trinajstić information content (AvgIpc) is 2.34. The predicted molar refractivity (Wildman–Crippen MR) is 42.5 cm³/mol. The molecule has 1 fully saturated rings. The topological polar surface area (TPSA) is 32.7 Å². The monoisotopic (exact) mass is 152 g/mol. The number of nitrogens with zero attached hydrogens (tertiary/aromatic N) is 2. The van der Waals surface area contributed by atoms with Crippen LogP contribution in [0.2, 0.25) is 0 Å².